The molecule has 3 aromatic rings. The first-order valence-electron chi connectivity index (χ1n) is 9.42. The van der Waals surface area contributed by atoms with Gasteiger partial charge < -0.3 is 4.42 Å². The maximum Gasteiger partial charge on any atom is 0.227 e. The lowest BCUT2D eigenvalue weighted by Gasteiger charge is -2.20. The molecule has 0 aliphatic rings. The van der Waals surface area contributed by atoms with E-state index in [9.17, 15) is 0 Å². The van der Waals surface area contributed by atoms with Gasteiger partial charge in [-0.2, -0.15) is 9.61 Å². The van der Waals surface area contributed by atoms with Gasteiger partial charge in [-0.05, 0) is 58.3 Å². The highest BCUT2D eigenvalue weighted by atomic mass is 35.5. The topological polar surface area (TPSA) is 33.7 Å². The minimum atomic E-state index is 0.726. The van der Waals surface area contributed by atoms with Gasteiger partial charge >= 0.3 is 0 Å². The van der Waals surface area contributed by atoms with E-state index in [4.69, 9.17) is 21.1 Å². The Balaban J connectivity index is 2.08. The maximum atomic E-state index is 6.52. The minimum Gasteiger partial charge on any atom is -0.441 e. The molecule has 0 bridgehead atoms. The van der Waals surface area contributed by atoms with Crippen LogP contribution in [0.25, 0.3) is 17.0 Å². The van der Waals surface area contributed by atoms with Crippen LogP contribution >= 0.6 is 11.6 Å². The monoisotopic (exact) mass is 373 g/mol. The zero-order valence-electron chi connectivity index (χ0n) is 16.4. The zero-order chi connectivity index (χ0) is 18.8. The van der Waals surface area contributed by atoms with E-state index < -0.39 is 0 Å². The van der Waals surface area contributed by atoms with Gasteiger partial charge in [0.1, 0.15) is 11.5 Å². The van der Waals surface area contributed by atoms with Gasteiger partial charge in [-0.25, -0.2) is 0 Å². The molecule has 2 aromatic heterocycles. The summed E-state index contributed by atoms with van der Waals surface area (Å²) >= 11 is 6.52. The highest BCUT2D eigenvalue weighted by Gasteiger charge is 2.22. The van der Waals surface area contributed by atoms with E-state index in [1.54, 1.807) is 0 Å². The molecule has 0 unspecified atom stereocenters. The molecule has 0 atom stereocenters. The third kappa shape index (κ3) is 3.53. The molecule has 5 heteroatoms. The van der Waals surface area contributed by atoms with Crippen LogP contribution in [0, 0.1) is 20.8 Å². The molecule has 140 valence electrons. The van der Waals surface area contributed by atoms with Crippen molar-refractivity contribution < 1.29 is 4.42 Å². The van der Waals surface area contributed by atoms with Gasteiger partial charge in [0.15, 0.2) is 0 Å². The van der Waals surface area contributed by atoms with Gasteiger partial charge in [0.2, 0.25) is 5.71 Å². The summed E-state index contributed by atoms with van der Waals surface area (Å²) in [5.74, 6) is 0.844. The summed E-state index contributed by atoms with van der Waals surface area (Å²) in [6, 6.07) is 6.10. The molecular formula is C21H28ClN3O. The van der Waals surface area contributed by atoms with E-state index in [0.29, 0.717) is 0 Å². The lowest BCUT2D eigenvalue weighted by atomic mass is 10.1. The van der Waals surface area contributed by atoms with Crippen LogP contribution in [-0.4, -0.2) is 27.6 Å². The first kappa shape index (κ1) is 19.0. The molecule has 0 saturated carbocycles. The summed E-state index contributed by atoms with van der Waals surface area (Å²) in [7, 11) is 0. The minimum absolute atomic E-state index is 0.726. The third-order valence-corrected chi connectivity index (χ3v) is 5.09. The fourth-order valence-corrected chi connectivity index (χ4v) is 3.89. The Hall–Kier alpha value is -1.78. The number of hydrogen-bond donors (Lipinski definition) is 0. The van der Waals surface area contributed by atoms with Crippen LogP contribution in [0.5, 0.6) is 0 Å². The Bertz CT molecular complexity index is 904. The Morgan fingerprint density at radius 1 is 1.12 bits per heavy atom. The lowest BCUT2D eigenvalue weighted by Crippen LogP contribution is -2.25. The number of benzene rings is 1. The van der Waals surface area contributed by atoms with Crippen molar-refractivity contribution in [2.75, 3.05) is 13.1 Å². The van der Waals surface area contributed by atoms with E-state index in [-0.39, 0.29) is 0 Å². The maximum absolute atomic E-state index is 6.52. The van der Waals surface area contributed by atoms with Crippen molar-refractivity contribution in [3.63, 3.8) is 0 Å². The molecule has 0 saturated heterocycles. The van der Waals surface area contributed by atoms with Gasteiger partial charge in [-0.15, -0.1) is 0 Å². The summed E-state index contributed by atoms with van der Waals surface area (Å²) in [5, 5.41) is 5.51. The van der Waals surface area contributed by atoms with Crippen molar-refractivity contribution in [1.29, 1.82) is 0 Å². The number of oxazole rings is 1. The second kappa shape index (κ2) is 7.85. The molecule has 0 aliphatic heterocycles. The molecule has 3 rings (SSSR count). The number of hydrogen-bond acceptors (Lipinski definition) is 3. The summed E-state index contributed by atoms with van der Waals surface area (Å²) in [4.78, 5) is 2.47. The van der Waals surface area contributed by atoms with E-state index in [2.05, 4.69) is 31.7 Å². The fraction of sp³-hybridized carbons (Fsp3) is 0.476. The third-order valence-electron chi connectivity index (χ3n) is 4.77. The number of rotatable bonds is 7. The van der Waals surface area contributed by atoms with E-state index >= 15 is 0 Å². The number of nitrogens with zero attached hydrogens (tertiary/aromatic N) is 3. The van der Waals surface area contributed by atoms with Crippen molar-refractivity contribution in [2.45, 2.75) is 54.0 Å². The summed E-state index contributed by atoms with van der Waals surface area (Å²) in [6.07, 6.45) is 2.29. The second-order valence-electron chi connectivity index (χ2n) is 7.05. The Morgan fingerprint density at radius 2 is 1.81 bits per heavy atom. The number of halogens is 1. The Labute approximate surface area is 160 Å². The van der Waals surface area contributed by atoms with Gasteiger partial charge in [0, 0.05) is 12.1 Å². The Morgan fingerprint density at radius 3 is 2.42 bits per heavy atom. The van der Waals surface area contributed by atoms with Crippen LogP contribution in [-0.2, 0) is 6.54 Å². The van der Waals surface area contributed by atoms with Crippen molar-refractivity contribution in [3.8, 4) is 11.3 Å². The number of fused-ring (bicyclic) bond motifs is 1. The summed E-state index contributed by atoms with van der Waals surface area (Å²) in [5.41, 5.74) is 6.07. The molecular weight excluding hydrogens is 346 g/mol. The van der Waals surface area contributed by atoms with Crippen molar-refractivity contribution in [3.05, 3.63) is 45.8 Å². The van der Waals surface area contributed by atoms with Gasteiger partial charge in [0.05, 0.1) is 16.3 Å². The molecule has 0 aliphatic carbocycles. The van der Waals surface area contributed by atoms with Crippen molar-refractivity contribution >= 4 is 17.3 Å². The van der Waals surface area contributed by atoms with E-state index in [0.717, 1.165) is 71.5 Å². The largest absolute Gasteiger partial charge is 0.441 e. The fourth-order valence-electron chi connectivity index (χ4n) is 3.56. The van der Waals surface area contributed by atoms with E-state index in [1.807, 2.05) is 30.5 Å². The zero-order valence-corrected chi connectivity index (χ0v) is 17.2. The molecule has 0 spiro atoms. The number of aromatic nitrogens is 2. The Kier molecular flexibility index (Phi) is 5.73. The molecule has 1 aromatic carbocycles. The molecule has 0 radical (unpaired) electrons. The van der Waals surface area contributed by atoms with Crippen LogP contribution in [0.1, 0.15) is 49.3 Å². The summed E-state index contributed by atoms with van der Waals surface area (Å²) in [6.45, 7) is 13.6. The normalized spacial score (nSPS) is 11.8. The molecule has 0 amide bonds. The molecule has 4 nitrogen and oxygen atoms in total. The van der Waals surface area contributed by atoms with Crippen LogP contribution in [0.4, 0.5) is 0 Å². The van der Waals surface area contributed by atoms with E-state index in [1.165, 1.54) is 5.56 Å². The van der Waals surface area contributed by atoms with Crippen LogP contribution in [0.3, 0.4) is 0 Å². The van der Waals surface area contributed by atoms with Gasteiger partial charge in [-0.1, -0.05) is 37.6 Å². The lowest BCUT2D eigenvalue weighted by molar-refractivity contribution is 0.266. The second-order valence-corrected chi connectivity index (χ2v) is 7.45. The van der Waals surface area contributed by atoms with Crippen molar-refractivity contribution in [2.24, 2.45) is 0 Å². The van der Waals surface area contributed by atoms with Crippen LogP contribution in [0.2, 0.25) is 5.02 Å². The van der Waals surface area contributed by atoms with Crippen LogP contribution < -0.4 is 0 Å². The highest BCUT2D eigenvalue weighted by Crippen LogP contribution is 2.34. The standard InChI is InChI=1S/C21H28ClN3O/c1-6-10-24(11-7-2)13-18-15(4)23-25-20(16(5)26-21(18)25)17-9-8-14(3)12-19(17)22/h8-9,12H,6-7,10-11,13H2,1-5H3. The average molecular weight is 374 g/mol. The summed E-state index contributed by atoms with van der Waals surface area (Å²) < 4.78 is 8.09. The predicted molar refractivity (Wildman–Crippen MR) is 108 cm³/mol. The molecule has 0 fully saturated rings. The highest BCUT2D eigenvalue weighted by molar-refractivity contribution is 6.33. The molecule has 0 N–H and O–H groups in total. The smallest absolute Gasteiger partial charge is 0.227 e. The van der Waals surface area contributed by atoms with Gasteiger partial charge in [0.25, 0.3) is 0 Å². The predicted octanol–water partition coefficient (Wildman–Crippen LogP) is 5.79. The SMILES string of the molecule is CCCN(CCC)Cc1c(C)nn2c(-c3ccc(C)cc3Cl)c(C)oc12. The first-order chi connectivity index (χ1) is 12.5. The first-order valence-corrected chi connectivity index (χ1v) is 9.80. The van der Waals surface area contributed by atoms with Crippen LogP contribution in [0.15, 0.2) is 22.6 Å². The average Bonchev–Trinajstić information content (AvgIpc) is 3.03. The quantitative estimate of drug-likeness (QED) is 0.525. The van der Waals surface area contributed by atoms with Gasteiger partial charge in [-0.3, -0.25) is 4.90 Å². The molecule has 26 heavy (non-hydrogen) atoms. The van der Waals surface area contributed by atoms with Crippen molar-refractivity contribution in [1.82, 2.24) is 14.5 Å². The molecule has 2 heterocycles. The number of aryl methyl sites for hydroxylation is 3.